The Hall–Kier alpha value is -3.53. The summed E-state index contributed by atoms with van der Waals surface area (Å²) >= 11 is 0. The molecule has 4 aromatic rings. The van der Waals surface area contributed by atoms with Gasteiger partial charge in [0.2, 0.25) is 0 Å². The maximum absolute atomic E-state index is 13.1. The molecule has 1 unspecified atom stereocenters. The fourth-order valence-corrected chi connectivity index (χ4v) is 5.04. The maximum Gasteiger partial charge on any atom is 0.340 e. The van der Waals surface area contributed by atoms with Gasteiger partial charge in [-0.05, 0) is 38.1 Å². The Bertz CT molecular complexity index is 1300. The number of aryl methyl sites for hydroxylation is 1. The molecule has 0 radical (unpaired) electrons. The number of carbonyl (C=O) groups is 1. The van der Waals surface area contributed by atoms with Gasteiger partial charge in [-0.2, -0.15) is 0 Å². The molecule has 0 saturated carbocycles. The summed E-state index contributed by atoms with van der Waals surface area (Å²) < 4.78 is 8.67. The Morgan fingerprint density at radius 1 is 0.935 bits per heavy atom. The van der Waals surface area contributed by atoms with Crippen LogP contribution in [0.25, 0.3) is 10.9 Å². The third-order valence-corrected chi connectivity index (χ3v) is 6.46. The summed E-state index contributed by atoms with van der Waals surface area (Å²) in [6.45, 7) is 5.12. The molecule has 1 aliphatic rings. The normalized spacial score (nSPS) is 17.6. The second-order valence-electron chi connectivity index (χ2n) is 8.28. The van der Waals surface area contributed by atoms with Crippen LogP contribution in [0.4, 0.5) is 5.69 Å². The fraction of sp³-hybridized carbons (Fsp3) is 0.222. The zero-order chi connectivity index (χ0) is 21.8. The molecule has 0 amide bonds. The zero-order valence-corrected chi connectivity index (χ0v) is 18.3. The lowest BCUT2D eigenvalue weighted by molar-refractivity contribution is 0.0253. The van der Waals surface area contributed by atoms with Crippen molar-refractivity contribution in [2.24, 2.45) is 0 Å². The first-order chi connectivity index (χ1) is 15.0. The molecular weight excluding hydrogens is 384 g/mol. The van der Waals surface area contributed by atoms with Crippen LogP contribution in [-0.2, 0) is 16.9 Å². The van der Waals surface area contributed by atoms with Crippen LogP contribution in [-0.4, -0.2) is 24.6 Å². The van der Waals surface area contributed by atoms with E-state index in [0.717, 1.165) is 45.5 Å². The van der Waals surface area contributed by atoms with E-state index in [1.54, 1.807) is 0 Å². The van der Waals surface area contributed by atoms with Crippen molar-refractivity contribution >= 4 is 22.6 Å². The lowest BCUT2D eigenvalue weighted by Gasteiger charge is -2.31. The highest BCUT2D eigenvalue weighted by Gasteiger charge is 2.50. The van der Waals surface area contributed by atoms with Gasteiger partial charge in [0.05, 0.1) is 5.56 Å². The molecule has 0 saturated heterocycles. The number of fused-ring (bicyclic) bond motifs is 2. The van der Waals surface area contributed by atoms with E-state index in [4.69, 9.17) is 4.74 Å². The number of carbonyl (C=O) groups excluding carboxylic acids is 1. The van der Waals surface area contributed by atoms with E-state index >= 15 is 0 Å². The number of ether oxygens (including phenoxy) is 1. The second-order valence-corrected chi connectivity index (χ2v) is 8.28. The van der Waals surface area contributed by atoms with E-state index in [9.17, 15) is 4.79 Å². The fourth-order valence-electron chi connectivity index (χ4n) is 5.04. The van der Waals surface area contributed by atoms with Crippen molar-refractivity contribution in [3.05, 3.63) is 101 Å². The molecule has 156 valence electrons. The first-order valence-corrected chi connectivity index (χ1v) is 10.7. The van der Waals surface area contributed by atoms with Crippen molar-refractivity contribution in [3.63, 3.8) is 0 Å². The summed E-state index contributed by atoms with van der Waals surface area (Å²) in [6, 6.07) is 24.5. The van der Waals surface area contributed by atoms with E-state index < -0.39 is 5.60 Å². The van der Waals surface area contributed by atoms with Gasteiger partial charge in [-0.1, -0.05) is 48.5 Å². The largest absolute Gasteiger partial charge is 0.440 e. The van der Waals surface area contributed by atoms with Crippen LogP contribution < -0.4 is 4.90 Å². The summed E-state index contributed by atoms with van der Waals surface area (Å²) in [4.78, 5) is 15.2. The minimum absolute atomic E-state index is 0.278. The molecular formula is C27H26N2O2. The smallest absolute Gasteiger partial charge is 0.340 e. The van der Waals surface area contributed by atoms with Crippen LogP contribution in [0.2, 0.25) is 0 Å². The number of nitrogens with zero attached hydrogens (tertiary/aromatic N) is 2. The highest BCUT2D eigenvalue weighted by Crippen LogP contribution is 2.50. The summed E-state index contributed by atoms with van der Waals surface area (Å²) in [6.07, 6.45) is 0. The lowest BCUT2D eigenvalue weighted by atomic mass is 9.78. The number of benzene rings is 3. The molecule has 0 aliphatic carbocycles. The van der Waals surface area contributed by atoms with Gasteiger partial charge in [0.1, 0.15) is 0 Å². The van der Waals surface area contributed by atoms with Crippen molar-refractivity contribution in [1.29, 1.82) is 0 Å². The Balaban J connectivity index is 1.90. The minimum Gasteiger partial charge on any atom is -0.440 e. The Morgan fingerprint density at radius 2 is 1.61 bits per heavy atom. The molecule has 3 aromatic carbocycles. The summed E-state index contributed by atoms with van der Waals surface area (Å²) in [7, 11) is 4.05. The molecule has 0 bridgehead atoms. The summed E-state index contributed by atoms with van der Waals surface area (Å²) in [5.41, 5.74) is 5.92. The Kier molecular flexibility index (Phi) is 4.40. The number of hydrogen-bond acceptors (Lipinski definition) is 3. The number of hydrogen-bond donors (Lipinski definition) is 0. The SMILES string of the molecule is CCn1c(C)c(C2(c3ccc(N(C)C)cc3)OC(=O)c3ccccc32)c2ccccc21. The highest BCUT2D eigenvalue weighted by molar-refractivity contribution is 5.98. The molecule has 0 N–H and O–H groups in total. The monoisotopic (exact) mass is 410 g/mol. The van der Waals surface area contributed by atoms with Gasteiger partial charge < -0.3 is 14.2 Å². The standard InChI is InChI=1S/C27H26N2O2/c1-5-29-18(2)25(22-11-7-9-13-24(22)29)27(19-14-16-20(17-15-19)28(3)4)23-12-8-6-10-21(23)26(30)31-27/h6-17H,5H2,1-4H3. The average Bonchev–Trinajstić information content (AvgIpc) is 3.25. The van der Waals surface area contributed by atoms with Crippen molar-refractivity contribution in [1.82, 2.24) is 4.57 Å². The van der Waals surface area contributed by atoms with Crippen molar-refractivity contribution in [2.75, 3.05) is 19.0 Å². The number of esters is 1. The van der Waals surface area contributed by atoms with Crippen molar-refractivity contribution in [3.8, 4) is 0 Å². The number of para-hydroxylation sites is 1. The van der Waals surface area contributed by atoms with Gasteiger partial charge in [-0.3, -0.25) is 0 Å². The van der Waals surface area contributed by atoms with Gasteiger partial charge >= 0.3 is 5.97 Å². The van der Waals surface area contributed by atoms with Crippen LogP contribution in [0.3, 0.4) is 0 Å². The maximum atomic E-state index is 13.1. The molecule has 0 fully saturated rings. The van der Waals surface area contributed by atoms with Crippen molar-refractivity contribution < 1.29 is 9.53 Å². The molecule has 4 nitrogen and oxygen atoms in total. The average molecular weight is 411 g/mol. The van der Waals surface area contributed by atoms with Crippen LogP contribution in [0.5, 0.6) is 0 Å². The number of cyclic esters (lactones) is 1. The summed E-state index contributed by atoms with van der Waals surface area (Å²) in [5.74, 6) is -0.278. The summed E-state index contributed by atoms with van der Waals surface area (Å²) in [5, 5.41) is 1.11. The zero-order valence-electron chi connectivity index (χ0n) is 18.3. The van der Waals surface area contributed by atoms with Crippen LogP contribution in [0.15, 0.2) is 72.8 Å². The van der Waals surface area contributed by atoms with Gasteiger partial charge in [0.25, 0.3) is 0 Å². The van der Waals surface area contributed by atoms with E-state index in [2.05, 4.69) is 71.8 Å². The van der Waals surface area contributed by atoms with Gasteiger partial charge in [-0.15, -0.1) is 0 Å². The molecule has 1 atom stereocenters. The first-order valence-electron chi connectivity index (χ1n) is 10.7. The lowest BCUT2D eigenvalue weighted by Crippen LogP contribution is -2.30. The molecule has 0 spiro atoms. The topological polar surface area (TPSA) is 34.5 Å². The Morgan fingerprint density at radius 3 is 2.32 bits per heavy atom. The van der Waals surface area contributed by atoms with Crippen LogP contribution >= 0.6 is 0 Å². The molecule has 1 aromatic heterocycles. The van der Waals surface area contributed by atoms with Gasteiger partial charge in [-0.25, -0.2) is 4.79 Å². The van der Waals surface area contributed by atoms with Gasteiger partial charge in [0.15, 0.2) is 5.60 Å². The second kappa shape index (κ2) is 7.02. The quantitative estimate of drug-likeness (QED) is 0.417. The molecule has 2 heterocycles. The van der Waals surface area contributed by atoms with Crippen LogP contribution in [0.1, 0.15) is 39.7 Å². The molecule has 31 heavy (non-hydrogen) atoms. The number of aromatic nitrogens is 1. The first kappa shape index (κ1) is 19.4. The molecule has 5 rings (SSSR count). The Labute approximate surface area is 182 Å². The predicted molar refractivity (Wildman–Crippen MR) is 125 cm³/mol. The van der Waals surface area contributed by atoms with E-state index in [1.807, 2.05) is 38.4 Å². The molecule has 4 heteroatoms. The van der Waals surface area contributed by atoms with Crippen molar-refractivity contribution in [2.45, 2.75) is 26.0 Å². The third-order valence-electron chi connectivity index (χ3n) is 6.46. The van der Waals surface area contributed by atoms with Crippen LogP contribution in [0, 0.1) is 6.92 Å². The number of anilines is 1. The highest BCUT2D eigenvalue weighted by atomic mass is 16.6. The van der Waals surface area contributed by atoms with E-state index in [-0.39, 0.29) is 5.97 Å². The minimum atomic E-state index is -0.984. The predicted octanol–water partition coefficient (Wildman–Crippen LogP) is 5.50. The third kappa shape index (κ3) is 2.64. The van der Waals surface area contributed by atoms with E-state index in [1.165, 1.54) is 0 Å². The van der Waals surface area contributed by atoms with Gasteiger partial charge in [0, 0.05) is 59.6 Å². The molecule has 1 aliphatic heterocycles. The van der Waals surface area contributed by atoms with E-state index in [0.29, 0.717) is 5.56 Å². The number of rotatable bonds is 4.